The third-order valence-corrected chi connectivity index (χ3v) is 5.01. The van der Waals surface area contributed by atoms with Crippen molar-refractivity contribution >= 4 is 11.9 Å². The van der Waals surface area contributed by atoms with Crippen LogP contribution in [0.4, 0.5) is 4.79 Å². The molecule has 1 N–H and O–H groups in total. The molecule has 3 aromatic rings. The number of amides is 3. The molecule has 29 heavy (non-hydrogen) atoms. The Morgan fingerprint density at radius 3 is 2.45 bits per heavy atom. The van der Waals surface area contributed by atoms with Crippen LogP contribution in [0.25, 0.3) is 11.4 Å². The van der Waals surface area contributed by atoms with E-state index in [-0.39, 0.29) is 18.3 Å². The molecule has 1 aliphatic heterocycles. The molecule has 1 aliphatic rings. The van der Waals surface area contributed by atoms with Crippen molar-refractivity contribution in [1.82, 2.24) is 20.4 Å². The van der Waals surface area contributed by atoms with Gasteiger partial charge in [0, 0.05) is 5.56 Å². The number of rotatable bonds is 5. The average Bonchev–Trinajstić information content (AvgIpc) is 3.28. The number of aryl methyl sites for hydroxylation is 1. The Hall–Kier alpha value is -3.68. The molecule has 1 saturated heterocycles. The lowest BCUT2D eigenvalue weighted by Crippen LogP contribution is -2.40. The van der Waals surface area contributed by atoms with Gasteiger partial charge in [-0.25, -0.2) is 4.79 Å². The lowest BCUT2D eigenvalue weighted by Gasteiger charge is -2.22. The predicted molar refractivity (Wildman–Crippen MR) is 104 cm³/mol. The first-order valence-corrected chi connectivity index (χ1v) is 9.09. The summed E-state index contributed by atoms with van der Waals surface area (Å²) in [6.45, 7) is 3.55. The molecule has 8 heteroatoms. The predicted octanol–water partition coefficient (Wildman–Crippen LogP) is 3.02. The van der Waals surface area contributed by atoms with E-state index in [1.165, 1.54) is 0 Å². The van der Waals surface area contributed by atoms with Crippen molar-refractivity contribution in [1.29, 1.82) is 0 Å². The Morgan fingerprint density at radius 2 is 1.79 bits per heavy atom. The van der Waals surface area contributed by atoms with Crippen LogP contribution in [0, 0.1) is 6.92 Å². The van der Waals surface area contributed by atoms with E-state index in [2.05, 4.69) is 15.5 Å². The number of imide groups is 1. The summed E-state index contributed by atoms with van der Waals surface area (Å²) < 4.78 is 10.4. The third kappa shape index (κ3) is 3.33. The van der Waals surface area contributed by atoms with Crippen molar-refractivity contribution in [2.75, 3.05) is 7.11 Å². The van der Waals surface area contributed by atoms with Crippen LogP contribution in [0.3, 0.4) is 0 Å². The van der Waals surface area contributed by atoms with Crippen molar-refractivity contribution in [3.8, 4) is 17.1 Å². The fourth-order valence-corrected chi connectivity index (χ4v) is 3.23. The summed E-state index contributed by atoms with van der Waals surface area (Å²) >= 11 is 0. The van der Waals surface area contributed by atoms with Gasteiger partial charge in [0.2, 0.25) is 11.7 Å². The number of methoxy groups -OCH3 is 1. The summed E-state index contributed by atoms with van der Waals surface area (Å²) in [6, 6.07) is 14.2. The van der Waals surface area contributed by atoms with Gasteiger partial charge < -0.3 is 14.6 Å². The van der Waals surface area contributed by atoms with E-state index in [0.29, 0.717) is 17.1 Å². The third-order valence-electron chi connectivity index (χ3n) is 5.01. The van der Waals surface area contributed by atoms with E-state index in [0.717, 1.165) is 16.0 Å². The first-order valence-electron chi connectivity index (χ1n) is 9.09. The minimum atomic E-state index is -1.14. The van der Waals surface area contributed by atoms with Gasteiger partial charge in [0.25, 0.3) is 5.91 Å². The molecule has 3 amide bonds. The molecule has 2 heterocycles. The van der Waals surface area contributed by atoms with Gasteiger partial charge >= 0.3 is 6.03 Å². The monoisotopic (exact) mass is 392 g/mol. The quantitative estimate of drug-likeness (QED) is 0.671. The van der Waals surface area contributed by atoms with Crippen LogP contribution in [0.15, 0.2) is 53.1 Å². The van der Waals surface area contributed by atoms with Gasteiger partial charge in [-0.15, -0.1) is 0 Å². The number of carbonyl (C=O) groups excluding carboxylic acids is 2. The molecule has 1 aromatic heterocycles. The maximum atomic E-state index is 13.0. The molecule has 0 bridgehead atoms. The zero-order chi connectivity index (χ0) is 20.6. The van der Waals surface area contributed by atoms with E-state index in [1.807, 2.05) is 31.2 Å². The van der Waals surface area contributed by atoms with Crippen LogP contribution in [-0.2, 0) is 16.9 Å². The van der Waals surface area contributed by atoms with E-state index in [1.54, 1.807) is 38.3 Å². The molecule has 4 rings (SSSR count). The zero-order valence-electron chi connectivity index (χ0n) is 16.3. The van der Waals surface area contributed by atoms with Crippen molar-refractivity contribution in [2.45, 2.75) is 25.9 Å². The van der Waals surface area contributed by atoms with Crippen molar-refractivity contribution in [3.05, 3.63) is 65.5 Å². The van der Waals surface area contributed by atoms with Crippen LogP contribution >= 0.6 is 0 Å². The van der Waals surface area contributed by atoms with Gasteiger partial charge in [-0.05, 0) is 43.7 Å². The van der Waals surface area contributed by atoms with Crippen molar-refractivity contribution < 1.29 is 18.8 Å². The fourth-order valence-electron chi connectivity index (χ4n) is 3.23. The van der Waals surface area contributed by atoms with Gasteiger partial charge in [0.15, 0.2) is 0 Å². The van der Waals surface area contributed by atoms with Crippen LogP contribution < -0.4 is 10.1 Å². The van der Waals surface area contributed by atoms with Crippen molar-refractivity contribution in [3.63, 3.8) is 0 Å². The number of ether oxygens (including phenoxy) is 1. The topological polar surface area (TPSA) is 97.6 Å². The standard InChI is InChI=1S/C21H20N4O4/c1-13-4-8-15(9-5-13)21(2)19(26)25(20(27)23-21)12-17-22-18(24-29-17)14-6-10-16(28-3)11-7-14/h4-11H,12H2,1-3H3,(H,23,27)/t21-/m1/s1. The summed E-state index contributed by atoms with van der Waals surface area (Å²) in [5, 5.41) is 6.71. The molecule has 0 spiro atoms. The largest absolute Gasteiger partial charge is 0.497 e. The van der Waals surface area contributed by atoms with Crippen LogP contribution in [-0.4, -0.2) is 34.1 Å². The molecule has 0 aliphatic carbocycles. The molecule has 0 saturated carbocycles. The van der Waals surface area contributed by atoms with Crippen molar-refractivity contribution in [2.24, 2.45) is 0 Å². The number of nitrogens with zero attached hydrogens (tertiary/aromatic N) is 3. The molecule has 0 unspecified atom stereocenters. The molecule has 1 atom stereocenters. The maximum Gasteiger partial charge on any atom is 0.325 e. The maximum absolute atomic E-state index is 13.0. The Balaban J connectivity index is 1.54. The second-order valence-corrected chi connectivity index (χ2v) is 7.05. The van der Waals surface area contributed by atoms with Crippen LogP contribution in [0.5, 0.6) is 5.75 Å². The molecule has 0 radical (unpaired) electrons. The summed E-state index contributed by atoms with van der Waals surface area (Å²) in [5.74, 6) is 0.895. The minimum Gasteiger partial charge on any atom is -0.497 e. The number of hydrogen-bond donors (Lipinski definition) is 1. The first kappa shape index (κ1) is 18.7. The molecular formula is C21H20N4O4. The van der Waals surface area contributed by atoms with Gasteiger partial charge in [-0.3, -0.25) is 9.69 Å². The smallest absolute Gasteiger partial charge is 0.325 e. The Morgan fingerprint density at radius 1 is 1.10 bits per heavy atom. The summed E-state index contributed by atoms with van der Waals surface area (Å²) in [4.78, 5) is 30.9. The number of aromatic nitrogens is 2. The Labute approximate surface area is 167 Å². The van der Waals surface area contributed by atoms with Gasteiger partial charge in [0.1, 0.15) is 17.8 Å². The number of benzene rings is 2. The first-order chi connectivity index (χ1) is 13.9. The highest BCUT2D eigenvalue weighted by molar-refractivity contribution is 6.07. The zero-order valence-corrected chi connectivity index (χ0v) is 16.3. The Kier molecular flexibility index (Phi) is 4.54. The summed E-state index contributed by atoms with van der Waals surface area (Å²) in [7, 11) is 1.59. The second-order valence-electron chi connectivity index (χ2n) is 7.05. The lowest BCUT2D eigenvalue weighted by molar-refractivity contribution is -0.131. The second kappa shape index (κ2) is 7.05. The molecule has 148 valence electrons. The number of carbonyl (C=O) groups is 2. The molecule has 8 nitrogen and oxygen atoms in total. The minimum absolute atomic E-state index is 0.102. The number of hydrogen-bond acceptors (Lipinski definition) is 6. The molecule has 1 fully saturated rings. The molecule has 2 aromatic carbocycles. The Bertz CT molecular complexity index is 1060. The molecular weight excluding hydrogens is 372 g/mol. The average molecular weight is 392 g/mol. The van der Waals surface area contributed by atoms with Crippen LogP contribution in [0.2, 0.25) is 0 Å². The van der Waals surface area contributed by atoms with E-state index in [9.17, 15) is 9.59 Å². The van der Waals surface area contributed by atoms with E-state index < -0.39 is 11.6 Å². The van der Waals surface area contributed by atoms with Gasteiger partial charge in [0.05, 0.1) is 7.11 Å². The number of urea groups is 1. The normalized spacial score (nSPS) is 18.8. The van der Waals surface area contributed by atoms with Crippen LogP contribution in [0.1, 0.15) is 23.9 Å². The summed E-state index contributed by atoms with van der Waals surface area (Å²) in [5.41, 5.74) is 1.39. The fraction of sp³-hybridized carbons (Fsp3) is 0.238. The highest BCUT2D eigenvalue weighted by Gasteiger charge is 2.49. The summed E-state index contributed by atoms with van der Waals surface area (Å²) in [6.07, 6.45) is 0. The van der Waals surface area contributed by atoms with Gasteiger partial charge in [-0.1, -0.05) is 35.0 Å². The SMILES string of the molecule is COc1ccc(-c2noc(CN3C(=O)N[C@](C)(c4ccc(C)cc4)C3=O)n2)cc1. The highest BCUT2D eigenvalue weighted by atomic mass is 16.5. The van der Waals surface area contributed by atoms with E-state index >= 15 is 0 Å². The number of nitrogens with one attached hydrogen (secondary N) is 1. The van der Waals surface area contributed by atoms with Gasteiger partial charge in [-0.2, -0.15) is 4.98 Å². The lowest BCUT2D eigenvalue weighted by atomic mass is 9.91. The highest BCUT2D eigenvalue weighted by Crippen LogP contribution is 2.30. The van der Waals surface area contributed by atoms with E-state index in [4.69, 9.17) is 9.26 Å².